The first-order valence-corrected chi connectivity index (χ1v) is 8.80. The van der Waals surface area contributed by atoms with Crippen molar-refractivity contribution in [3.8, 4) is 5.75 Å². The molecule has 0 bridgehead atoms. The molecule has 1 aromatic rings. The molecule has 1 aliphatic heterocycles. The van der Waals surface area contributed by atoms with Crippen LogP contribution in [-0.4, -0.2) is 48.7 Å². The largest absolute Gasteiger partial charge is 0.484 e. The summed E-state index contributed by atoms with van der Waals surface area (Å²) in [5.41, 5.74) is 0.559. The highest BCUT2D eigenvalue weighted by Crippen LogP contribution is 2.18. The third-order valence-corrected chi connectivity index (χ3v) is 4.37. The van der Waals surface area contributed by atoms with E-state index in [0.29, 0.717) is 43.8 Å². The number of nitrogens with one attached hydrogen (secondary N) is 1. The first kappa shape index (κ1) is 19.0. The Morgan fingerprint density at radius 1 is 1.24 bits per heavy atom. The minimum atomic E-state index is -0.0966. The van der Waals surface area contributed by atoms with Gasteiger partial charge >= 0.3 is 0 Å². The van der Waals surface area contributed by atoms with E-state index in [1.54, 1.807) is 29.2 Å². The third-order valence-electron chi connectivity index (χ3n) is 4.37. The summed E-state index contributed by atoms with van der Waals surface area (Å²) < 4.78 is 5.52. The van der Waals surface area contributed by atoms with E-state index in [1.165, 1.54) is 6.92 Å². The molecule has 0 aliphatic carbocycles. The first-order valence-electron chi connectivity index (χ1n) is 8.80. The van der Waals surface area contributed by atoms with Gasteiger partial charge in [0.05, 0.1) is 0 Å². The number of rotatable bonds is 7. The summed E-state index contributed by atoms with van der Waals surface area (Å²) in [6, 6.07) is 6.81. The number of Topliss-reactive ketones (excluding diaryl/α,β-unsaturated/α-hetero) is 1. The van der Waals surface area contributed by atoms with E-state index in [-0.39, 0.29) is 30.1 Å². The smallest absolute Gasteiger partial charge is 0.260 e. The average Bonchev–Trinajstić information content (AvgIpc) is 2.64. The lowest BCUT2D eigenvalue weighted by atomic mass is 9.96. The lowest BCUT2D eigenvalue weighted by molar-refractivity contribution is -0.137. The molecule has 2 amide bonds. The molecule has 0 aromatic heterocycles. The lowest BCUT2D eigenvalue weighted by Gasteiger charge is -2.31. The Labute approximate surface area is 148 Å². The summed E-state index contributed by atoms with van der Waals surface area (Å²) in [6.45, 7) is 5.29. The second-order valence-electron chi connectivity index (χ2n) is 6.32. The molecule has 1 saturated heterocycles. The molecule has 1 heterocycles. The molecule has 1 aromatic carbocycles. The molecule has 0 unspecified atom stereocenters. The second kappa shape index (κ2) is 9.20. The molecular formula is C19H26N2O4. The molecule has 0 saturated carbocycles. The van der Waals surface area contributed by atoms with Gasteiger partial charge in [-0.1, -0.05) is 19.1 Å². The number of likely N-dealkylation sites (tertiary alicyclic amines) is 1. The van der Waals surface area contributed by atoms with Crippen LogP contribution in [-0.2, 0) is 9.59 Å². The zero-order valence-electron chi connectivity index (χ0n) is 14.9. The number of ether oxygens (including phenoxy) is 1. The number of ketones is 1. The lowest BCUT2D eigenvalue weighted by Crippen LogP contribution is -2.44. The number of amides is 2. The van der Waals surface area contributed by atoms with E-state index in [2.05, 4.69) is 5.32 Å². The highest BCUT2D eigenvalue weighted by atomic mass is 16.5. The molecule has 0 atom stereocenters. The molecule has 1 N–H and O–H groups in total. The number of hydrogen-bond acceptors (Lipinski definition) is 4. The predicted octanol–water partition coefficient (Wildman–Crippen LogP) is 2.03. The first-order chi connectivity index (χ1) is 12.0. The van der Waals surface area contributed by atoms with Crippen LogP contribution in [0.5, 0.6) is 5.75 Å². The van der Waals surface area contributed by atoms with Crippen molar-refractivity contribution in [1.82, 2.24) is 10.2 Å². The highest BCUT2D eigenvalue weighted by Gasteiger charge is 2.27. The fourth-order valence-electron chi connectivity index (χ4n) is 2.82. The summed E-state index contributed by atoms with van der Waals surface area (Å²) in [6.07, 6.45) is 2.29. The van der Waals surface area contributed by atoms with Crippen LogP contribution < -0.4 is 10.1 Å². The zero-order chi connectivity index (χ0) is 18.2. The number of benzene rings is 1. The van der Waals surface area contributed by atoms with Gasteiger partial charge in [0.25, 0.3) is 5.91 Å². The minimum Gasteiger partial charge on any atom is -0.484 e. The summed E-state index contributed by atoms with van der Waals surface area (Å²) in [5, 5.41) is 2.91. The molecule has 0 radical (unpaired) electrons. The Balaban J connectivity index is 1.78. The van der Waals surface area contributed by atoms with E-state index >= 15 is 0 Å². The SMILES string of the molecule is CCCNC(=O)C1CCN(C(=O)COc2cccc(C(C)=O)c2)CC1. The molecule has 1 aliphatic rings. The van der Waals surface area contributed by atoms with E-state index in [4.69, 9.17) is 4.74 Å². The van der Waals surface area contributed by atoms with Gasteiger partial charge in [-0.15, -0.1) is 0 Å². The van der Waals surface area contributed by atoms with Crippen LogP contribution in [0.1, 0.15) is 43.5 Å². The van der Waals surface area contributed by atoms with Gasteiger partial charge in [0.1, 0.15) is 5.75 Å². The van der Waals surface area contributed by atoms with Crippen molar-refractivity contribution in [3.63, 3.8) is 0 Å². The molecule has 25 heavy (non-hydrogen) atoms. The molecule has 6 nitrogen and oxygen atoms in total. The Bertz CT molecular complexity index is 622. The Kier molecular flexibility index (Phi) is 6.98. The second-order valence-corrected chi connectivity index (χ2v) is 6.32. The van der Waals surface area contributed by atoms with Crippen molar-refractivity contribution in [2.24, 2.45) is 5.92 Å². The quantitative estimate of drug-likeness (QED) is 0.767. The maximum absolute atomic E-state index is 12.3. The van der Waals surface area contributed by atoms with Crippen LogP contribution in [0.2, 0.25) is 0 Å². The topological polar surface area (TPSA) is 75.7 Å². The van der Waals surface area contributed by atoms with Crippen molar-refractivity contribution < 1.29 is 19.1 Å². The van der Waals surface area contributed by atoms with Crippen molar-refractivity contribution >= 4 is 17.6 Å². The van der Waals surface area contributed by atoms with Crippen LogP contribution in [0, 0.1) is 5.92 Å². The van der Waals surface area contributed by atoms with Crippen LogP contribution in [0.4, 0.5) is 0 Å². The Morgan fingerprint density at radius 3 is 2.60 bits per heavy atom. The van der Waals surface area contributed by atoms with E-state index in [1.807, 2.05) is 6.92 Å². The van der Waals surface area contributed by atoms with Gasteiger partial charge in [0.2, 0.25) is 5.91 Å². The summed E-state index contributed by atoms with van der Waals surface area (Å²) in [5.74, 6) is 0.450. The summed E-state index contributed by atoms with van der Waals surface area (Å²) >= 11 is 0. The van der Waals surface area contributed by atoms with Crippen molar-refractivity contribution in [2.75, 3.05) is 26.2 Å². The Morgan fingerprint density at radius 2 is 1.96 bits per heavy atom. The van der Waals surface area contributed by atoms with Gasteiger partial charge in [-0.05, 0) is 38.3 Å². The van der Waals surface area contributed by atoms with Crippen LogP contribution in [0.25, 0.3) is 0 Å². The van der Waals surface area contributed by atoms with Crippen molar-refractivity contribution in [2.45, 2.75) is 33.1 Å². The maximum Gasteiger partial charge on any atom is 0.260 e. The normalized spacial score (nSPS) is 14.9. The third kappa shape index (κ3) is 5.59. The molecule has 136 valence electrons. The van der Waals surface area contributed by atoms with E-state index in [9.17, 15) is 14.4 Å². The van der Waals surface area contributed by atoms with Crippen LogP contribution in [0.3, 0.4) is 0 Å². The van der Waals surface area contributed by atoms with Gasteiger partial charge in [-0.25, -0.2) is 0 Å². The number of carbonyl (C=O) groups is 3. The monoisotopic (exact) mass is 346 g/mol. The predicted molar refractivity (Wildman–Crippen MR) is 94.5 cm³/mol. The molecule has 6 heteroatoms. The molecule has 1 fully saturated rings. The average molecular weight is 346 g/mol. The molecule has 2 rings (SSSR count). The minimum absolute atomic E-state index is 0.0104. The fourth-order valence-corrected chi connectivity index (χ4v) is 2.82. The number of hydrogen-bond donors (Lipinski definition) is 1. The number of carbonyl (C=O) groups excluding carboxylic acids is 3. The van der Waals surface area contributed by atoms with Gasteiger partial charge in [-0.3, -0.25) is 14.4 Å². The molecular weight excluding hydrogens is 320 g/mol. The Hall–Kier alpha value is -2.37. The van der Waals surface area contributed by atoms with Gasteiger partial charge in [0, 0.05) is 31.1 Å². The van der Waals surface area contributed by atoms with Gasteiger partial charge < -0.3 is 15.0 Å². The van der Waals surface area contributed by atoms with Crippen LogP contribution in [0.15, 0.2) is 24.3 Å². The van der Waals surface area contributed by atoms with Gasteiger partial charge in [-0.2, -0.15) is 0 Å². The zero-order valence-corrected chi connectivity index (χ0v) is 14.9. The molecule has 0 spiro atoms. The summed E-state index contributed by atoms with van der Waals surface area (Å²) in [4.78, 5) is 37.3. The number of nitrogens with zero attached hydrogens (tertiary/aromatic N) is 1. The van der Waals surface area contributed by atoms with Gasteiger partial charge in [0.15, 0.2) is 12.4 Å². The number of piperidine rings is 1. The highest BCUT2D eigenvalue weighted by molar-refractivity contribution is 5.94. The fraction of sp³-hybridized carbons (Fsp3) is 0.526. The maximum atomic E-state index is 12.3. The summed E-state index contributed by atoms with van der Waals surface area (Å²) in [7, 11) is 0. The van der Waals surface area contributed by atoms with Crippen molar-refractivity contribution in [3.05, 3.63) is 29.8 Å². The standard InChI is InChI=1S/C19H26N2O4/c1-3-9-20-19(24)15-7-10-21(11-8-15)18(23)13-25-17-6-4-5-16(12-17)14(2)22/h4-6,12,15H,3,7-11,13H2,1-2H3,(H,20,24). The van der Waals surface area contributed by atoms with Crippen molar-refractivity contribution in [1.29, 1.82) is 0 Å². The van der Waals surface area contributed by atoms with Crippen LogP contribution >= 0.6 is 0 Å². The van der Waals surface area contributed by atoms with E-state index < -0.39 is 0 Å². The van der Waals surface area contributed by atoms with E-state index in [0.717, 1.165) is 6.42 Å².